The lowest BCUT2D eigenvalue weighted by molar-refractivity contribution is 0.281. The predicted molar refractivity (Wildman–Crippen MR) is 70.2 cm³/mol. The molecule has 0 atom stereocenters. The third kappa shape index (κ3) is 0.915. The number of pyridine rings is 1. The highest BCUT2D eigenvalue weighted by Crippen LogP contribution is 2.53. The molecule has 0 radical (unpaired) electrons. The fraction of sp³-hybridized carbons (Fsp3) is 0.357. The highest BCUT2D eigenvalue weighted by atomic mass is 16.5. The Hall–Kier alpha value is -1.97. The second-order valence-electron chi connectivity index (χ2n) is 5.45. The SMILES string of the molecule is c1cc2c3c4c(cnc3c1)NCN4C1(CC1)CO2. The first-order valence-corrected chi connectivity index (χ1v) is 6.43. The van der Waals surface area contributed by atoms with Crippen molar-refractivity contribution in [3.63, 3.8) is 0 Å². The average molecular weight is 239 g/mol. The van der Waals surface area contributed by atoms with Crippen molar-refractivity contribution in [1.29, 1.82) is 0 Å². The summed E-state index contributed by atoms with van der Waals surface area (Å²) in [5.41, 5.74) is 3.70. The number of anilines is 2. The van der Waals surface area contributed by atoms with Crippen LogP contribution < -0.4 is 15.0 Å². The Kier molecular flexibility index (Phi) is 1.36. The van der Waals surface area contributed by atoms with Gasteiger partial charge < -0.3 is 15.0 Å². The Morgan fingerprint density at radius 2 is 2.28 bits per heavy atom. The summed E-state index contributed by atoms with van der Waals surface area (Å²) in [5, 5.41) is 4.63. The molecule has 3 heterocycles. The van der Waals surface area contributed by atoms with Crippen LogP contribution in [0.3, 0.4) is 0 Å². The van der Waals surface area contributed by atoms with Crippen LogP contribution in [0.15, 0.2) is 24.4 Å². The molecule has 1 N–H and O–H groups in total. The number of ether oxygens (including phenoxy) is 1. The second-order valence-corrected chi connectivity index (χ2v) is 5.45. The number of hydrogen-bond donors (Lipinski definition) is 1. The Labute approximate surface area is 105 Å². The number of hydrogen-bond acceptors (Lipinski definition) is 4. The number of nitrogens with zero attached hydrogens (tertiary/aromatic N) is 2. The molecule has 0 amide bonds. The maximum atomic E-state index is 6.05. The monoisotopic (exact) mass is 239 g/mol. The minimum atomic E-state index is 0.228. The molecule has 4 heteroatoms. The van der Waals surface area contributed by atoms with Gasteiger partial charge in [-0.3, -0.25) is 4.98 Å². The highest BCUT2D eigenvalue weighted by molar-refractivity contribution is 6.04. The van der Waals surface area contributed by atoms with Crippen molar-refractivity contribution >= 4 is 22.3 Å². The van der Waals surface area contributed by atoms with Gasteiger partial charge in [-0.1, -0.05) is 6.07 Å². The zero-order valence-corrected chi connectivity index (χ0v) is 9.94. The van der Waals surface area contributed by atoms with Gasteiger partial charge in [0.2, 0.25) is 0 Å². The zero-order valence-electron chi connectivity index (χ0n) is 9.94. The molecule has 0 unspecified atom stereocenters. The van der Waals surface area contributed by atoms with Crippen LogP contribution >= 0.6 is 0 Å². The maximum absolute atomic E-state index is 6.05. The van der Waals surface area contributed by atoms with Gasteiger partial charge in [-0.2, -0.15) is 0 Å². The third-order valence-corrected chi connectivity index (χ3v) is 4.42. The van der Waals surface area contributed by atoms with Crippen LogP contribution in [0.1, 0.15) is 12.8 Å². The van der Waals surface area contributed by atoms with Gasteiger partial charge in [0.15, 0.2) is 0 Å². The Morgan fingerprint density at radius 3 is 3.17 bits per heavy atom. The molecule has 0 bridgehead atoms. The molecule has 18 heavy (non-hydrogen) atoms. The largest absolute Gasteiger partial charge is 0.490 e. The Bertz CT molecular complexity index is 678. The molecule has 1 aromatic heterocycles. The van der Waals surface area contributed by atoms with E-state index in [1.165, 1.54) is 23.9 Å². The van der Waals surface area contributed by atoms with Gasteiger partial charge in [0, 0.05) is 0 Å². The molecule has 2 aliphatic heterocycles. The van der Waals surface area contributed by atoms with Crippen molar-refractivity contribution in [1.82, 2.24) is 4.98 Å². The van der Waals surface area contributed by atoms with Crippen LogP contribution in [0.5, 0.6) is 5.75 Å². The summed E-state index contributed by atoms with van der Waals surface area (Å²) < 4.78 is 6.05. The van der Waals surface area contributed by atoms with Crippen LogP contribution in [0, 0.1) is 0 Å². The first-order valence-electron chi connectivity index (χ1n) is 6.43. The van der Waals surface area contributed by atoms with E-state index in [4.69, 9.17) is 4.74 Å². The van der Waals surface area contributed by atoms with Crippen molar-refractivity contribution in [3.05, 3.63) is 24.4 Å². The molecular formula is C14H13N3O. The van der Waals surface area contributed by atoms with Crippen LogP contribution in [0.25, 0.3) is 10.9 Å². The summed E-state index contributed by atoms with van der Waals surface area (Å²) in [5.74, 6) is 0.981. The molecule has 1 aliphatic carbocycles. The van der Waals surface area contributed by atoms with E-state index >= 15 is 0 Å². The molecule has 3 aliphatic rings. The lowest BCUT2D eigenvalue weighted by Gasteiger charge is -2.26. The van der Waals surface area contributed by atoms with E-state index in [0.717, 1.165) is 30.2 Å². The van der Waals surface area contributed by atoms with Crippen LogP contribution in [-0.4, -0.2) is 23.8 Å². The first kappa shape index (κ1) is 9.03. The molecule has 1 fully saturated rings. The van der Waals surface area contributed by atoms with Gasteiger partial charge in [-0.15, -0.1) is 0 Å². The topological polar surface area (TPSA) is 37.4 Å². The smallest absolute Gasteiger partial charge is 0.131 e. The van der Waals surface area contributed by atoms with Crippen molar-refractivity contribution in [2.24, 2.45) is 0 Å². The molecule has 4 nitrogen and oxygen atoms in total. The van der Waals surface area contributed by atoms with E-state index in [9.17, 15) is 0 Å². The third-order valence-electron chi connectivity index (χ3n) is 4.42. The molecule has 0 saturated heterocycles. The zero-order chi connectivity index (χ0) is 11.7. The van der Waals surface area contributed by atoms with E-state index in [1.54, 1.807) is 0 Å². The fourth-order valence-corrected chi connectivity index (χ4v) is 3.22. The first-order chi connectivity index (χ1) is 8.87. The summed E-state index contributed by atoms with van der Waals surface area (Å²) in [6.45, 7) is 1.68. The molecule has 1 aromatic carbocycles. The minimum absolute atomic E-state index is 0.228. The molecule has 5 rings (SSSR count). The van der Waals surface area contributed by atoms with E-state index in [1.807, 2.05) is 12.3 Å². The molecule has 2 aromatic rings. The van der Waals surface area contributed by atoms with Gasteiger partial charge in [-0.05, 0) is 25.0 Å². The van der Waals surface area contributed by atoms with E-state index in [-0.39, 0.29) is 5.54 Å². The van der Waals surface area contributed by atoms with Crippen molar-refractivity contribution in [2.75, 3.05) is 23.5 Å². The van der Waals surface area contributed by atoms with E-state index in [2.05, 4.69) is 27.3 Å². The standard InChI is InChI=1S/C14H13N3O/c1-2-9-12-11(3-1)18-7-14(4-5-14)17-8-16-10(6-15-9)13(12)17/h1-3,6,16H,4-5,7-8H2. The molecule has 90 valence electrons. The highest BCUT2D eigenvalue weighted by Gasteiger charge is 2.52. The molecular weight excluding hydrogens is 226 g/mol. The Balaban J connectivity index is 1.93. The fourth-order valence-electron chi connectivity index (χ4n) is 3.22. The summed E-state index contributed by atoms with van der Waals surface area (Å²) in [6, 6.07) is 6.14. The number of aromatic nitrogens is 1. The minimum Gasteiger partial charge on any atom is -0.490 e. The quantitative estimate of drug-likeness (QED) is 0.765. The van der Waals surface area contributed by atoms with Gasteiger partial charge in [0.05, 0.1) is 40.7 Å². The number of nitrogens with one attached hydrogen (secondary N) is 1. The normalized spacial score (nSPS) is 21.7. The average Bonchev–Trinajstić information content (AvgIpc) is 3.09. The van der Waals surface area contributed by atoms with Gasteiger partial charge in [0.1, 0.15) is 12.4 Å². The number of rotatable bonds is 0. The molecule has 1 saturated carbocycles. The Morgan fingerprint density at radius 1 is 1.33 bits per heavy atom. The summed E-state index contributed by atoms with van der Waals surface area (Å²) in [4.78, 5) is 7.01. The summed E-state index contributed by atoms with van der Waals surface area (Å²) in [6.07, 6.45) is 4.40. The maximum Gasteiger partial charge on any atom is 0.131 e. The van der Waals surface area contributed by atoms with E-state index in [0.29, 0.717) is 0 Å². The van der Waals surface area contributed by atoms with Crippen LogP contribution in [0.4, 0.5) is 11.4 Å². The van der Waals surface area contributed by atoms with Crippen molar-refractivity contribution < 1.29 is 4.74 Å². The number of fused-ring (bicyclic) bond motifs is 1. The lowest BCUT2D eigenvalue weighted by Crippen LogP contribution is -2.40. The summed E-state index contributed by atoms with van der Waals surface area (Å²) >= 11 is 0. The van der Waals surface area contributed by atoms with Crippen molar-refractivity contribution in [2.45, 2.75) is 18.4 Å². The van der Waals surface area contributed by atoms with Gasteiger partial charge in [0.25, 0.3) is 0 Å². The predicted octanol–water partition coefficient (Wildman–Crippen LogP) is 2.35. The second kappa shape index (κ2) is 2.71. The molecule has 1 spiro atoms. The summed E-state index contributed by atoms with van der Waals surface area (Å²) in [7, 11) is 0. The van der Waals surface area contributed by atoms with Crippen LogP contribution in [0.2, 0.25) is 0 Å². The van der Waals surface area contributed by atoms with Crippen LogP contribution in [-0.2, 0) is 0 Å². The van der Waals surface area contributed by atoms with Gasteiger partial charge in [-0.25, -0.2) is 0 Å². The number of benzene rings is 1. The van der Waals surface area contributed by atoms with E-state index < -0.39 is 0 Å². The van der Waals surface area contributed by atoms with Crippen molar-refractivity contribution in [3.8, 4) is 5.75 Å². The lowest BCUT2D eigenvalue weighted by atomic mass is 10.1. The van der Waals surface area contributed by atoms with Gasteiger partial charge >= 0.3 is 0 Å².